The molecule has 0 unspecified atom stereocenters. The van der Waals surface area contributed by atoms with Crippen LogP contribution in [-0.2, 0) is 11.2 Å². The lowest BCUT2D eigenvalue weighted by Crippen LogP contribution is -2.29. The number of benzene rings is 2. The lowest BCUT2D eigenvalue weighted by molar-refractivity contribution is -0.116. The van der Waals surface area contributed by atoms with Gasteiger partial charge in [-0.15, -0.1) is 0 Å². The number of carbonyl (C=O) groups is 3. The molecule has 8 nitrogen and oxygen atoms in total. The minimum absolute atomic E-state index is 0.0848. The van der Waals surface area contributed by atoms with Gasteiger partial charge in [-0.2, -0.15) is 0 Å². The van der Waals surface area contributed by atoms with E-state index in [9.17, 15) is 19.2 Å². The van der Waals surface area contributed by atoms with Crippen LogP contribution in [-0.4, -0.2) is 33.9 Å². The number of imide groups is 1. The predicted molar refractivity (Wildman–Crippen MR) is 122 cm³/mol. The Morgan fingerprint density at radius 3 is 2.38 bits per heavy atom. The molecule has 1 aliphatic heterocycles. The van der Waals surface area contributed by atoms with Crippen LogP contribution in [0.25, 0.3) is 0 Å². The fourth-order valence-corrected chi connectivity index (χ4v) is 4.01. The van der Waals surface area contributed by atoms with Crippen molar-refractivity contribution in [3.63, 3.8) is 0 Å². The first-order valence-corrected chi connectivity index (χ1v) is 11.1. The molecule has 2 aromatic carbocycles. The first-order valence-electron chi connectivity index (χ1n) is 9.90. The molecular formula is C23H20N4O4S. The number of carbonyl (C=O) groups excluding carboxylic acids is 3. The number of H-pyrrole nitrogens is 1. The molecule has 162 valence electrons. The standard InChI is InChI=1S/C23H20N4O4S/c1-13-16(20(29)26-23(24-13)32-2)10-11-19(28)25-14-6-5-7-15(12-14)27-21(30)17-8-3-4-9-18(17)22(27)31/h3-9,12H,10-11H2,1-2H3,(H,25,28)(H,24,26,29). The number of aryl methyl sites for hydroxylation is 1. The van der Waals surface area contributed by atoms with Crippen LogP contribution in [0.2, 0.25) is 0 Å². The van der Waals surface area contributed by atoms with Crippen LogP contribution >= 0.6 is 11.8 Å². The van der Waals surface area contributed by atoms with Crippen molar-refractivity contribution < 1.29 is 14.4 Å². The van der Waals surface area contributed by atoms with E-state index in [0.717, 1.165) is 4.90 Å². The highest BCUT2D eigenvalue weighted by atomic mass is 32.2. The minimum Gasteiger partial charge on any atom is -0.326 e. The zero-order valence-electron chi connectivity index (χ0n) is 17.5. The fourth-order valence-electron chi connectivity index (χ4n) is 3.58. The predicted octanol–water partition coefficient (Wildman–Crippen LogP) is 3.17. The summed E-state index contributed by atoms with van der Waals surface area (Å²) in [5, 5.41) is 3.30. The molecular weight excluding hydrogens is 428 g/mol. The monoisotopic (exact) mass is 448 g/mol. The molecule has 0 aliphatic carbocycles. The third kappa shape index (κ3) is 4.06. The van der Waals surface area contributed by atoms with E-state index in [1.54, 1.807) is 55.5 Å². The third-order valence-corrected chi connectivity index (χ3v) is 5.76. The summed E-state index contributed by atoms with van der Waals surface area (Å²) in [5.41, 5.74) is 2.35. The van der Waals surface area contributed by atoms with Crippen molar-refractivity contribution in [2.24, 2.45) is 0 Å². The first kappa shape index (κ1) is 21.5. The highest BCUT2D eigenvalue weighted by Crippen LogP contribution is 2.29. The number of hydrogen-bond donors (Lipinski definition) is 2. The molecule has 0 atom stereocenters. The Morgan fingerprint density at radius 1 is 1.06 bits per heavy atom. The molecule has 32 heavy (non-hydrogen) atoms. The number of nitrogens with zero attached hydrogens (tertiary/aromatic N) is 2. The van der Waals surface area contributed by atoms with Gasteiger partial charge >= 0.3 is 0 Å². The third-order valence-electron chi connectivity index (χ3n) is 5.18. The average Bonchev–Trinajstić information content (AvgIpc) is 3.03. The number of aromatic amines is 1. The van der Waals surface area contributed by atoms with Crippen molar-refractivity contribution in [2.45, 2.75) is 24.9 Å². The van der Waals surface area contributed by atoms with Gasteiger partial charge < -0.3 is 10.3 Å². The summed E-state index contributed by atoms with van der Waals surface area (Å²) in [5.74, 6) is -1.09. The van der Waals surface area contributed by atoms with Crippen molar-refractivity contribution in [3.8, 4) is 0 Å². The molecule has 4 rings (SSSR count). The van der Waals surface area contributed by atoms with Crippen LogP contribution in [0.4, 0.5) is 11.4 Å². The van der Waals surface area contributed by atoms with Gasteiger partial charge in [0.2, 0.25) is 5.91 Å². The van der Waals surface area contributed by atoms with E-state index in [-0.39, 0.29) is 24.3 Å². The Labute approximate surface area is 188 Å². The smallest absolute Gasteiger partial charge is 0.266 e. The maximum absolute atomic E-state index is 12.7. The maximum Gasteiger partial charge on any atom is 0.266 e. The van der Waals surface area contributed by atoms with Crippen molar-refractivity contribution >= 4 is 40.9 Å². The Kier molecular flexibility index (Phi) is 5.91. The quantitative estimate of drug-likeness (QED) is 0.340. The molecule has 2 N–H and O–H groups in total. The summed E-state index contributed by atoms with van der Waals surface area (Å²) in [6, 6.07) is 13.2. The highest BCUT2D eigenvalue weighted by molar-refractivity contribution is 7.98. The molecule has 3 aromatic rings. The van der Waals surface area contributed by atoms with Gasteiger partial charge in [-0.25, -0.2) is 9.88 Å². The molecule has 0 radical (unpaired) electrons. The second-order valence-electron chi connectivity index (χ2n) is 7.23. The van der Waals surface area contributed by atoms with Gasteiger partial charge in [-0.3, -0.25) is 19.2 Å². The molecule has 0 saturated carbocycles. The molecule has 0 bridgehead atoms. The molecule has 1 aromatic heterocycles. The van der Waals surface area contributed by atoms with Crippen LogP contribution < -0.4 is 15.8 Å². The van der Waals surface area contributed by atoms with Crippen LogP contribution in [0.3, 0.4) is 0 Å². The van der Waals surface area contributed by atoms with E-state index < -0.39 is 11.8 Å². The Hall–Kier alpha value is -3.72. The fraction of sp³-hybridized carbons (Fsp3) is 0.174. The largest absolute Gasteiger partial charge is 0.326 e. The maximum atomic E-state index is 12.7. The second kappa shape index (κ2) is 8.80. The SMILES string of the molecule is CSc1nc(C)c(CCC(=O)Nc2cccc(N3C(=O)c4ccccc4C3=O)c2)c(=O)[nH]1. The topological polar surface area (TPSA) is 112 Å². The number of amides is 3. The summed E-state index contributed by atoms with van der Waals surface area (Å²) in [6.45, 7) is 1.74. The molecule has 0 spiro atoms. The summed E-state index contributed by atoms with van der Waals surface area (Å²) in [6.07, 6.45) is 2.15. The van der Waals surface area contributed by atoms with E-state index in [1.807, 2.05) is 6.26 Å². The number of aromatic nitrogens is 2. The van der Waals surface area contributed by atoms with Gasteiger partial charge in [-0.05, 0) is 49.9 Å². The summed E-state index contributed by atoms with van der Waals surface area (Å²) in [4.78, 5) is 58.2. The Balaban J connectivity index is 1.46. The summed E-state index contributed by atoms with van der Waals surface area (Å²) >= 11 is 1.34. The van der Waals surface area contributed by atoms with Crippen molar-refractivity contribution in [2.75, 3.05) is 16.5 Å². The summed E-state index contributed by atoms with van der Waals surface area (Å²) < 4.78 is 0. The zero-order valence-corrected chi connectivity index (χ0v) is 18.3. The Bertz CT molecular complexity index is 1270. The van der Waals surface area contributed by atoms with Crippen molar-refractivity contribution in [1.82, 2.24) is 9.97 Å². The summed E-state index contributed by atoms with van der Waals surface area (Å²) in [7, 11) is 0. The van der Waals surface area contributed by atoms with E-state index in [0.29, 0.717) is 38.9 Å². The number of anilines is 2. The molecule has 2 heterocycles. The number of rotatable bonds is 6. The van der Waals surface area contributed by atoms with Crippen molar-refractivity contribution in [1.29, 1.82) is 0 Å². The number of fused-ring (bicyclic) bond motifs is 1. The highest BCUT2D eigenvalue weighted by Gasteiger charge is 2.36. The van der Waals surface area contributed by atoms with E-state index in [1.165, 1.54) is 11.8 Å². The van der Waals surface area contributed by atoms with Crippen LogP contribution in [0.5, 0.6) is 0 Å². The van der Waals surface area contributed by atoms with Gasteiger partial charge in [-0.1, -0.05) is 30.0 Å². The normalized spacial score (nSPS) is 12.8. The average molecular weight is 449 g/mol. The Morgan fingerprint density at radius 2 is 1.75 bits per heavy atom. The van der Waals surface area contributed by atoms with Gasteiger partial charge in [0.25, 0.3) is 17.4 Å². The van der Waals surface area contributed by atoms with Gasteiger partial charge in [0.1, 0.15) is 0 Å². The first-order chi connectivity index (χ1) is 15.4. The van der Waals surface area contributed by atoms with Gasteiger partial charge in [0.05, 0.1) is 16.8 Å². The zero-order chi connectivity index (χ0) is 22.8. The lowest BCUT2D eigenvalue weighted by Gasteiger charge is -2.15. The minimum atomic E-state index is -0.398. The molecule has 0 fully saturated rings. The van der Waals surface area contributed by atoms with E-state index >= 15 is 0 Å². The van der Waals surface area contributed by atoms with Crippen LogP contribution in [0.15, 0.2) is 58.5 Å². The van der Waals surface area contributed by atoms with Crippen molar-refractivity contribution in [3.05, 3.63) is 81.3 Å². The van der Waals surface area contributed by atoms with E-state index in [2.05, 4.69) is 15.3 Å². The van der Waals surface area contributed by atoms with Gasteiger partial charge in [0.15, 0.2) is 5.16 Å². The van der Waals surface area contributed by atoms with E-state index in [4.69, 9.17) is 0 Å². The number of thioether (sulfide) groups is 1. The van der Waals surface area contributed by atoms with Crippen LogP contribution in [0.1, 0.15) is 38.4 Å². The molecule has 1 aliphatic rings. The molecule has 3 amide bonds. The molecule has 0 saturated heterocycles. The molecule has 9 heteroatoms. The van der Waals surface area contributed by atoms with Crippen LogP contribution in [0, 0.1) is 6.92 Å². The number of nitrogens with one attached hydrogen (secondary N) is 2. The number of hydrogen-bond acceptors (Lipinski definition) is 6. The second-order valence-corrected chi connectivity index (χ2v) is 8.02. The lowest BCUT2D eigenvalue weighted by atomic mass is 10.1. The van der Waals surface area contributed by atoms with Gasteiger partial charge in [0, 0.05) is 23.4 Å².